The quantitative estimate of drug-likeness (QED) is 0.625. The number of halogens is 1. The molecule has 0 bridgehead atoms. The first kappa shape index (κ1) is 15.6. The average Bonchev–Trinajstić information content (AvgIpc) is 2.82. The van der Waals surface area contributed by atoms with Gasteiger partial charge in [0, 0.05) is 6.07 Å². The van der Waals surface area contributed by atoms with E-state index < -0.39 is 21.6 Å². The van der Waals surface area contributed by atoms with Gasteiger partial charge in [-0.05, 0) is 39.4 Å². The lowest BCUT2D eigenvalue weighted by atomic mass is 10.2. The van der Waals surface area contributed by atoms with Gasteiger partial charge in [0.1, 0.15) is 10.2 Å². The summed E-state index contributed by atoms with van der Waals surface area (Å²) < 4.78 is -0.134. The van der Waals surface area contributed by atoms with E-state index in [9.17, 15) is 25.0 Å². The number of benzene rings is 1. The summed E-state index contributed by atoms with van der Waals surface area (Å²) in [6.07, 6.45) is 0. The number of anilines is 1. The predicted molar refractivity (Wildman–Crippen MR) is 78.7 cm³/mol. The summed E-state index contributed by atoms with van der Waals surface area (Å²) in [6.45, 7) is 1.67. The van der Waals surface area contributed by atoms with Crippen LogP contribution in [-0.2, 0) is 0 Å². The first-order valence-electron chi connectivity index (χ1n) is 5.76. The van der Waals surface area contributed by atoms with Crippen LogP contribution in [0.4, 0.5) is 17.2 Å². The Balaban J connectivity index is 2.34. The Morgan fingerprint density at radius 1 is 1.32 bits per heavy atom. The SMILES string of the molecule is Cc1ccc(NC(=O)c2n[nH]c([N+](=O)[O-])c2Br)c([N+](=O)[O-])c1. The van der Waals surface area contributed by atoms with Crippen LogP contribution in [0.15, 0.2) is 22.7 Å². The third-order valence-electron chi connectivity index (χ3n) is 2.69. The number of aryl methyl sites for hydroxylation is 1. The van der Waals surface area contributed by atoms with Crippen LogP contribution in [0.2, 0.25) is 0 Å². The van der Waals surface area contributed by atoms with Crippen molar-refractivity contribution in [1.82, 2.24) is 10.2 Å². The molecule has 1 amide bonds. The molecule has 10 nitrogen and oxygen atoms in total. The molecule has 11 heteroatoms. The summed E-state index contributed by atoms with van der Waals surface area (Å²) in [4.78, 5) is 32.3. The van der Waals surface area contributed by atoms with Crippen LogP contribution in [0.5, 0.6) is 0 Å². The number of hydrogen-bond donors (Lipinski definition) is 2. The molecule has 0 saturated heterocycles. The average molecular weight is 370 g/mol. The van der Waals surface area contributed by atoms with Gasteiger partial charge in [0.25, 0.3) is 11.6 Å². The maximum atomic E-state index is 12.1. The van der Waals surface area contributed by atoms with E-state index in [4.69, 9.17) is 0 Å². The minimum absolute atomic E-state index is 0.0295. The van der Waals surface area contributed by atoms with Crippen molar-refractivity contribution < 1.29 is 14.6 Å². The Morgan fingerprint density at radius 2 is 2.00 bits per heavy atom. The molecule has 1 heterocycles. The Kier molecular flexibility index (Phi) is 4.17. The third kappa shape index (κ3) is 2.93. The van der Waals surface area contributed by atoms with E-state index in [-0.39, 0.29) is 21.5 Å². The van der Waals surface area contributed by atoms with Gasteiger partial charge in [-0.15, -0.1) is 5.10 Å². The highest BCUT2D eigenvalue weighted by Crippen LogP contribution is 2.29. The second-order valence-corrected chi connectivity index (χ2v) is 5.02. The van der Waals surface area contributed by atoms with Crippen LogP contribution >= 0.6 is 15.9 Å². The zero-order valence-corrected chi connectivity index (χ0v) is 12.6. The maximum Gasteiger partial charge on any atom is 0.357 e. The van der Waals surface area contributed by atoms with E-state index in [1.165, 1.54) is 12.1 Å². The van der Waals surface area contributed by atoms with E-state index in [1.807, 2.05) is 0 Å². The number of nitro benzene ring substituents is 1. The standard InChI is InChI=1S/C11H8BrN5O5/c1-5-2-3-6(7(4-5)16(19)20)13-11(18)9-8(12)10(15-14-9)17(21)22/h2-4H,1H3,(H,13,18)(H,14,15). The van der Waals surface area contributed by atoms with Crippen LogP contribution in [0.1, 0.15) is 16.1 Å². The first-order chi connectivity index (χ1) is 10.3. The number of amides is 1. The van der Waals surface area contributed by atoms with Gasteiger partial charge in [0.05, 0.1) is 4.92 Å². The van der Waals surface area contributed by atoms with Crippen LogP contribution in [-0.4, -0.2) is 26.0 Å². The highest BCUT2D eigenvalue weighted by atomic mass is 79.9. The fourth-order valence-corrected chi connectivity index (χ4v) is 2.17. The van der Waals surface area contributed by atoms with E-state index in [2.05, 4.69) is 31.4 Å². The molecule has 0 unspecified atom stereocenters. The van der Waals surface area contributed by atoms with Crippen molar-refractivity contribution in [2.75, 3.05) is 5.32 Å². The summed E-state index contributed by atoms with van der Waals surface area (Å²) in [5, 5.41) is 29.6. The molecule has 2 N–H and O–H groups in total. The highest BCUT2D eigenvalue weighted by molar-refractivity contribution is 9.10. The number of rotatable bonds is 4. The molecule has 0 aliphatic heterocycles. The lowest BCUT2D eigenvalue weighted by Gasteiger charge is -2.05. The number of nitrogens with zero attached hydrogens (tertiary/aromatic N) is 3. The second-order valence-electron chi connectivity index (χ2n) is 4.22. The molecule has 2 rings (SSSR count). The Hall–Kier alpha value is -2.82. The molecule has 1 aromatic carbocycles. The van der Waals surface area contributed by atoms with Crippen molar-refractivity contribution in [2.45, 2.75) is 6.92 Å². The summed E-state index contributed by atoms with van der Waals surface area (Å²) >= 11 is 2.89. The first-order valence-corrected chi connectivity index (χ1v) is 6.55. The highest BCUT2D eigenvalue weighted by Gasteiger charge is 2.26. The predicted octanol–water partition coefficient (Wildman–Crippen LogP) is 2.55. The van der Waals surface area contributed by atoms with Crippen molar-refractivity contribution in [3.8, 4) is 0 Å². The molecule has 0 atom stereocenters. The molecular weight excluding hydrogens is 362 g/mol. The summed E-state index contributed by atoms with van der Waals surface area (Å²) in [5.41, 5.74) is 0.0653. The molecule has 1 aromatic heterocycles. The van der Waals surface area contributed by atoms with E-state index in [0.717, 1.165) is 0 Å². The number of aromatic nitrogens is 2. The fraction of sp³-hybridized carbons (Fsp3) is 0.0909. The Bertz CT molecular complexity index is 787. The molecule has 2 aromatic rings. The summed E-state index contributed by atoms with van der Waals surface area (Å²) in [6, 6.07) is 4.27. The molecule has 0 aliphatic carbocycles. The molecule has 0 radical (unpaired) electrons. The van der Waals surface area contributed by atoms with Crippen LogP contribution in [0.25, 0.3) is 0 Å². The molecule has 0 fully saturated rings. The lowest BCUT2D eigenvalue weighted by molar-refractivity contribution is -0.390. The van der Waals surface area contributed by atoms with Crippen molar-refractivity contribution >= 4 is 39.0 Å². The van der Waals surface area contributed by atoms with Gasteiger partial charge in [-0.2, -0.15) is 0 Å². The molecule has 114 valence electrons. The third-order valence-corrected chi connectivity index (χ3v) is 3.44. The minimum atomic E-state index is -0.817. The monoisotopic (exact) mass is 369 g/mol. The van der Waals surface area contributed by atoms with Gasteiger partial charge in [0.15, 0.2) is 5.69 Å². The van der Waals surface area contributed by atoms with Crippen molar-refractivity contribution in [2.24, 2.45) is 0 Å². The van der Waals surface area contributed by atoms with E-state index in [0.29, 0.717) is 5.56 Å². The number of nitrogens with one attached hydrogen (secondary N) is 2. The Morgan fingerprint density at radius 3 is 2.55 bits per heavy atom. The van der Waals surface area contributed by atoms with Crippen LogP contribution in [0.3, 0.4) is 0 Å². The minimum Gasteiger partial charge on any atom is -0.358 e. The van der Waals surface area contributed by atoms with Crippen LogP contribution < -0.4 is 5.32 Å². The smallest absolute Gasteiger partial charge is 0.357 e. The Labute approximate surface area is 131 Å². The number of carbonyl (C=O) groups excluding carboxylic acids is 1. The second kappa shape index (κ2) is 5.89. The van der Waals surface area contributed by atoms with Gasteiger partial charge >= 0.3 is 5.82 Å². The molecule has 0 saturated carbocycles. The summed E-state index contributed by atoms with van der Waals surface area (Å²) in [5.74, 6) is -1.30. The van der Waals surface area contributed by atoms with Crippen molar-refractivity contribution in [1.29, 1.82) is 0 Å². The number of H-pyrrole nitrogens is 1. The van der Waals surface area contributed by atoms with Crippen molar-refractivity contribution in [3.63, 3.8) is 0 Å². The van der Waals surface area contributed by atoms with Gasteiger partial charge in [0.2, 0.25) is 0 Å². The van der Waals surface area contributed by atoms with Crippen LogP contribution in [0, 0.1) is 27.2 Å². The number of carbonyl (C=O) groups is 1. The lowest BCUT2D eigenvalue weighted by Crippen LogP contribution is -2.14. The summed E-state index contributed by atoms with van der Waals surface area (Å²) in [7, 11) is 0. The van der Waals surface area contributed by atoms with E-state index in [1.54, 1.807) is 13.0 Å². The largest absolute Gasteiger partial charge is 0.358 e. The van der Waals surface area contributed by atoms with E-state index >= 15 is 0 Å². The van der Waals surface area contributed by atoms with Crippen molar-refractivity contribution in [3.05, 3.63) is 54.2 Å². The number of aromatic amines is 1. The molecular formula is C11H8BrN5O5. The number of hydrogen-bond acceptors (Lipinski definition) is 6. The zero-order valence-electron chi connectivity index (χ0n) is 11.0. The zero-order chi connectivity index (χ0) is 16.4. The van der Waals surface area contributed by atoms with Gasteiger partial charge in [-0.3, -0.25) is 14.9 Å². The number of nitro groups is 2. The van der Waals surface area contributed by atoms with Gasteiger partial charge in [-0.25, -0.2) is 0 Å². The normalized spacial score (nSPS) is 10.3. The van der Waals surface area contributed by atoms with Gasteiger partial charge < -0.3 is 15.4 Å². The fourth-order valence-electron chi connectivity index (χ4n) is 1.67. The van der Waals surface area contributed by atoms with Gasteiger partial charge in [-0.1, -0.05) is 11.2 Å². The maximum absolute atomic E-state index is 12.1. The molecule has 0 spiro atoms. The molecule has 22 heavy (non-hydrogen) atoms. The molecule has 0 aliphatic rings. The topological polar surface area (TPSA) is 144 Å².